The van der Waals surface area contributed by atoms with E-state index in [0.717, 1.165) is 12.1 Å². The molecule has 132 valence electrons. The van der Waals surface area contributed by atoms with Gasteiger partial charge in [0.1, 0.15) is 11.9 Å². The fraction of sp³-hybridized carbons (Fsp3) is 0.278. The lowest BCUT2D eigenvalue weighted by atomic mass is 10.1. The second-order valence-electron chi connectivity index (χ2n) is 5.84. The van der Waals surface area contributed by atoms with Crippen LogP contribution in [0.25, 0.3) is 0 Å². The third-order valence-electron chi connectivity index (χ3n) is 4.03. The Morgan fingerprint density at radius 1 is 1.00 bits per heavy atom. The predicted octanol–water partition coefficient (Wildman–Crippen LogP) is 4.96. The number of hydrogen-bond acceptors (Lipinski definition) is 2. The number of carbonyl (C=O) groups excluding carboxylic acids is 1. The highest BCUT2D eigenvalue weighted by molar-refractivity contribution is 6.35. The maximum Gasteiger partial charge on any atom is 0.253 e. The molecule has 25 heavy (non-hydrogen) atoms. The Balaban J connectivity index is 1.59. The van der Waals surface area contributed by atoms with Crippen LogP contribution in [0.5, 0.6) is 5.75 Å². The molecule has 0 N–H and O–H groups in total. The Morgan fingerprint density at radius 2 is 1.64 bits per heavy atom. The number of halogens is 4. The molecule has 0 saturated carbocycles. The summed E-state index contributed by atoms with van der Waals surface area (Å²) >= 11 is 11.9. The van der Waals surface area contributed by atoms with Crippen molar-refractivity contribution in [1.82, 2.24) is 4.90 Å². The summed E-state index contributed by atoms with van der Waals surface area (Å²) in [6, 6.07) is 8.19. The van der Waals surface area contributed by atoms with E-state index in [1.807, 2.05) is 0 Å². The van der Waals surface area contributed by atoms with Crippen LogP contribution in [0.15, 0.2) is 36.4 Å². The lowest BCUT2D eigenvalue weighted by Gasteiger charge is -2.32. The first-order chi connectivity index (χ1) is 11.9. The van der Waals surface area contributed by atoms with Gasteiger partial charge in [0.2, 0.25) is 0 Å². The van der Waals surface area contributed by atoms with Gasteiger partial charge in [0.25, 0.3) is 5.91 Å². The zero-order chi connectivity index (χ0) is 18.0. The summed E-state index contributed by atoms with van der Waals surface area (Å²) in [6.07, 6.45) is 1.04. The standard InChI is InChI=1S/C18H15Cl2F2NO2/c19-12-7-11(8-13(20)9-12)18(24)23-5-3-14(4-6-23)25-15-1-2-16(21)17(22)10-15/h1-2,7-10,14H,3-6H2. The highest BCUT2D eigenvalue weighted by Gasteiger charge is 2.25. The van der Waals surface area contributed by atoms with E-state index in [1.165, 1.54) is 6.07 Å². The van der Waals surface area contributed by atoms with Gasteiger partial charge in [-0.25, -0.2) is 8.78 Å². The number of nitrogens with zero attached hydrogens (tertiary/aromatic N) is 1. The molecule has 0 aliphatic carbocycles. The molecular weight excluding hydrogens is 371 g/mol. The highest BCUT2D eigenvalue weighted by Crippen LogP contribution is 2.24. The van der Waals surface area contributed by atoms with Crippen LogP contribution in [0, 0.1) is 11.6 Å². The molecule has 0 radical (unpaired) electrons. The molecule has 1 saturated heterocycles. The van der Waals surface area contributed by atoms with Gasteiger partial charge in [0.05, 0.1) is 0 Å². The molecule has 7 heteroatoms. The first-order valence-electron chi connectivity index (χ1n) is 7.79. The molecule has 0 aromatic heterocycles. The van der Waals surface area contributed by atoms with E-state index in [2.05, 4.69) is 0 Å². The average Bonchev–Trinajstić information content (AvgIpc) is 2.57. The molecule has 1 aliphatic rings. The average molecular weight is 386 g/mol. The van der Waals surface area contributed by atoms with Gasteiger partial charge in [-0.15, -0.1) is 0 Å². The van der Waals surface area contributed by atoms with Crippen molar-refractivity contribution in [1.29, 1.82) is 0 Å². The molecule has 2 aromatic rings. The fourth-order valence-electron chi connectivity index (χ4n) is 2.78. The number of ether oxygens (including phenoxy) is 1. The van der Waals surface area contributed by atoms with Crippen LogP contribution in [-0.2, 0) is 0 Å². The molecule has 1 amide bonds. The van der Waals surface area contributed by atoms with Crippen molar-refractivity contribution in [2.45, 2.75) is 18.9 Å². The van der Waals surface area contributed by atoms with Crippen molar-refractivity contribution in [2.75, 3.05) is 13.1 Å². The van der Waals surface area contributed by atoms with E-state index in [9.17, 15) is 13.6 Å². The Hall–Kier alpha value is -1.85. The summed E-state index contributed by atoms with van der Waals surface area (Å²) in [5.74, 6) is -1.71. The van der Waals surface area contributed by atoms with Gasteiger partial charge in [-0.3, -0.25) is 4.79 Å². The number of rotatable bonds is 3. The van der Waals surface area contributed by atoms with Crippen LogP contribution in [-0.4, -0.2) is 30.0 Å². The van der Waals surface area contributed by atoms with Crippen molar-refractivity contribution < 1.29 is 18.3 Å². The predicted molar refractivity (Wildman–Crippen MR) is 92.4 cm³/mol. The van der Waals surface area contributed by atoms with E-state index in [0.29, 0.717) is 41.5 Å². The Kier molecular flexibility index (Phi) is 5.45. The van der Waals surface area contributed by atoms with Crippen LogP contribution in [0.3, 0.4) is 0 Å². The minimum Gasteiger partial charge on any atom is -0.490 e. The van der Waals surface area contributed by atoms with E-state index in [1.54, 1.807) is 23.1 Å². The maximum absolute atomic E-state index is 13.2. The fourth-order valence-corrected chi connectivity index (χ4v) is 3.31. The molecule has 3 rings (SSSR count). The third-order valence-corrected chi connectivity index (χ3v) is 4.47. The molecule has 1 fully saturated rings. The summed E-state index contributed by atoms with van der Waals surface area (Å²) in [6.45, 7) is 0.995. The van der Waals surface area contributed by atoms with Gasteiger partial charge in [0, 0.05) is 47.6 Å². The first-order valence-corrected chi connectivity index (χ1v) is 8.55. The molecule has 3 nitrogen and oxygen atoms in total. The molecule has 0 spiro atoms. The van der Waals surface area contributed by atoms with Gasteiger partial charge >= 0.3 is 0 Å². The number of amides is 1. The van der Waals surface area contributed by atoms with Crippen molar-refractivity contribution in [2.24, 2.45) is 0 Å². The summed E-state index contributed by atoms with van der Waals surface area (Å²) < 4.78 is 31.8. The quantitative estimate of drug-likeness (QED) is 0.747. The number of carbonyl (C=O) groups is 1. The number of likely N-dealkylation sites (tertiary alicyclic amines) is 1. The maximum atomic E-state index is 13.2. The second kappa shape index (κ2) is 7.58. The van der Waals surface area contributed by atoms with Crippen molar-refractivity contribution in [3.05, 3.63) is 63.6 Å². The minimum absolute atomic E-state index is 0.143. The largest absolute Gasteiger partial charge is 0.490 e. The van der Waals surface area contributed by atoms with E-state index in [4.69, 9.17) is 27.9 Å². The lowest BCUT2D eigenvalue weighted by Crippen LogP contribution is -2.41. The number of benzene rings is 2. The zero-order valence-corrected chi connectivity index (χ0v) is 14.7. The number of hydrogen-bond donors (Lipinski definition) is 0. The molecule has 0 atom stereocenters. The highest BCUT2D eigenvalue weighted by atomic mass is 35.5. The minimum atomic E-state index is -0.942. The van der Waals surface area contributed by atoms with Crippen molar-refractivity contribution in [3.8, 4) is 5.75 Å². The van der Waals surface area contributed by atoms with Gasteiger partial charge in [0.15, 0.2) is 11.6 Å². The van der Waals surface area contributed by atoms with E-state index < -0.39 is 11.6 Å². The van der Waals surface area contributed by atoms with Gasteiger partial charge < -0.3 is 9.64 Å². The first kappa shape index (κ1) is 18.0. The Bertz CT molecular complexity index is 772. The molecule has 0 bridgehead atoms. The van der Waals surface area contributed by atoms with Gasteiger partial charge in [-0.2, -0.15) is 0 Å². The zero-order valence-electron chi connectivity index (χ0n) is 13.1. The van der Waals surface area contributed by atoms with Crippen molar-refractivity contribution in [3.63, 3.8) is 0 Å². The molecule has 1 aliphatic heterocycles. The smallest absolute Gasteiger partial charge is 0.253 e. The van der Waals surface area contributed by atoms with Crippen molar-refractivity contribution >= 4 is 29.1 Å². The Morgan fingerprint density at radius 3 is 2.24 bits per heavy atom. The second-order valence-corrected chi connectivity index (χ2v) is 6.72. The van der Waals surface area contributed by atoms with Crippen LogP contribution < -0.4 is 4.74 Å². The normalized spacial score (nSPS) is 15.3. The summed E-state index contributed by atoms with van der Waals surface area (Å²) in [7, 11) is 0. The summed E-state index contributed by atoms with van der Waals surface area (Å²) in [5.41, 5.74) is 0.442. The molecule has 0 unspecified atom stereocenters. The molecular formula is C18H15Cl2F2NO2. The monoisotopic (exact) mass is 385 g/mol. The third kappa shape index (κ3) is 4.41. The Labute approximate surface area is 154 Å². The topological polar surface area (TPSA) is 29.5 Å². The number of piperidine rings is 1. The van der Waals surface area contributed by atoms with Crippen LogP contribution in [0.4, 0.5) is 8.78 Å². The van der Waals surface area contributed by atoms with Crippen LogP contribution in [0.1, 0.15) is 23.2 Å². The molecule has 2 aromatic carbocycles. The van der Waals surface area contributed by atoms with Gasteiger partial charge in [-0.1, -0.05) is 23.2 Å². The lowest BCUT2D eigenvalue weighted by molar-refractivity contribution is 0.0595. The summed E-state index contributed by atoms with van der Waals surface area (Å²) in [5, 5.41) is 0.819. The van der Waals surface area contributed by atoms with Crippen LogP contribution >= 0.6 is 23.2 Å². The van der Waals surface area contributed by atoms with Crippen LogP contribution in [0.2, 0.25) is 10.0 Å². The molecule has 1 heterocycles. The SMILES string of the molecule is O=C(c1cc(Cl)cc(Cl)c1)N1CCC(Oc2ccc(F)c(F)c2)CC1. The van der Waals surface area contributed by atoms with Gasteiger partial charge in [-0.05, 0) is 30.3 Å². The van der Waals surface area contributed by atoms with E-state index in [-0.39, 0.29) is 17.8 Å². The summed E-state index contributed by atoms with van der Waals surface area (Å²) in [4.78, 5) is 14.2. The van der Waals surface area contributed by atoms with E-state index >= 15 is 0 Å².